The van der Waals surface area contributed by atoms with Gasteiger partial charge in [0.05, 0.1) is 14.2 Å². The molecule has 0 atom stereocenters. The van der Waals surface area contributed by atoms with Crippen molar-refractivity contribution in [2.24, 2.45) is 0 Å². The van der Waals surface area contributed by atoms with E-state index in [4.69, 9.17) is 10.5 Å². The van der Waals surface area contributed by atoms with Crippen molar-refractivity contribution in [2.75, 3.05) is 20.0 Å². The lowest BCUT2D eigenvalue weighted by Gasteiger charge is -2.07. The van der Waals surface area contributed by atoms with Crippen molar-refractivity contribution < 1.29 is 14.3 Å². The van der Waals surface area contributed by atoms with E-state index in [1.807, 2.05) is 0 Å². The first-order chi connectivity index (χ1) is 8.78. The number of methoxy groups -OCH3 is 2. The number of nitrogens with zero attached hydrogens (tertiary/aromatic N) is 2. The van der Waals surface area contributed by atoms with E-state index in [1.165, 1.54) is 14.2 Å². The second-order valence-corrected chi connectivity index (χ2v) is 9.56. The van der Waals surface area contributed by atoms with Crippen LogP contribution >= 0.6 is 0 Å². The van der Waals surface area contributed by atoms with Crippen LogP contribution in [0.3, 0.4) is 0 Å². The number of carbonyl (C=O) groups is 1. The Balaban J connectivity index is 3.34. The van der Waals surface area contributed by atoms with Gasteiger partial charge in [-0.3, -0.25) is 0 Å². The summed E-state index contributed by atoms with van der Waals surface area (Å²) in [6.07, 6.45) is 0. The van der Waals surface area contributed by atoms with Crippen LogP contribution in [-0.2, 0) is 4.74 Å². The molecule has 0 spiro atoms. The van der Waals surface area contributed by atoms with Gasteiger partial charge in [0.15, 0.2) is 11.5 Å². The van der Waals surface area contributed by atoms with Crippen LogP contribution in [0.2, 0.25) is 19.6 Å². The van der Waals surface area contributed by atoms with Crippen LogP contribution in [0.25, 0.3) is 0 Å². The molecule has 0 saturated carbocycles. The Labute approximate surface area is 113 Å². The van der Waals surface area contributed by atoms with Gasteiger partial charge in [0, 0.05) is 0 Å². The van der Waals surface area contributed by atoms with Crippen molar-refractivity contribution in [3.63, 3.8) is 0 Å². The van der Waals surface area contributed by atoms with Gasteiger partial charge in [0.2, 0.25) is 11.6 Å². The molecule has 0 amide bonds. The maximum Gasteiger partial charge on any atom is 0.362 e. The molecule has 0 aromatic carbocycles. The molecule has 0 radical (unpaired) electrons. The zero-order chi connectivity index (χ0) is 14.6. The molecular formula is C12H17N3O3Si. The number of aromatic nitrogens is 2. The summed E-state index contributed by atoms with van der Waals surface area (Å²) in [5, 5.41) is 0. The first-order valence-electron chi connectivity index (χ1n) is 5.61. The number of hydrogen-bond donors (Lipinski definition) is 1. The molecular weight excluding hydrogens is 262 g/mol. The molecule has 0 aliphatic carbocycles. The van der Waals surface area contributed by atoms with Crippen LogP contribution in [0.4, 0.5) is 5.82 Å². The first kappa shape index (κ1) is 15.0. The van der Waals surface area contributed by atoms with Gasteiger partial charge in [-0.1, -0.05) is 25.6 Å². The predicted octanol–water partition coefficient (Wildman–Crippen LogP) is 1.08. The topological polar surface area (TPSA) is 87.3 Å². The predicted molar refractivity (Wildman–Crippen MR) is 74.6 cm³/mol. The van der Waals surface area contributed by atoms with Crippen LogP contribution in [0.5, 0.6) is 5.88 Å². The van der Waals surface area contributed by atoms with Crippen molar-refractivity contribution >= 4 is 19.9 Å². The van der Waals surface area contributed by atoms with Gasteiger partial charge >= 0.3 is 5.97 Å². The minimum Gasteiger partial charge on any atom is -0.479 e. The number of nitrogens with two attached hydrogens (primary N) is 1. The average molecular weight is 279 g/mol. The Morgan fingerprint density at radius 1 is 1.26 bits per heavy atom. The molecule has 0 unspecified atom stereocenters. The lowest BCUT2D eigenvalue weighted by molar-refractivity contribution is 0.0589. The zero-order valence-electron chi connectivity index (χ0n) is 11.7. The molecule has 1 rings (SSSR count). The Morgan fingerprint density at radius 3 is 2.37 bits per heavy atom. The molecule has 0 aliphatic rings. The van der Waals surface area contributed by atoms with E-state index in [9.17, 15) is 4.79 Å². The lowest BCUT2D eigenvalue weighted by Crippen LogP contribution is -2.17. The third-order valence-corrected chi connectivity index (χ3v) is 2.89. The molecule has 6 nitrogen and oxygen atoms in total. The third-order valence-electron chi connectivity index (χ3n) is 2.02. The Morgan fingerprint density at radius 2 is 1.89 bits per heavy atom. The smallest absolute Gasteiger partial charge is 0.362 e. The fraction of sp³-hybridized carbons (Fsp3) is 0.417. The molecule has 0 bridgehead atoms. The normalized spacial score (nSPS) is 10.4. The maximum absolute atomic E-state index is 11.6. The molecule has 2 N–H and O–H groups in total. The van der Waals surface area contributed by atoms with Crippen molar-refractivity contribution in [3.8, 4) is 17.3 Å². The van der Waals surface area contributed by atoms with E-state index in [2.05, 4.69) is 45.8 Å². The number of hydrogen-bond acceptors (Lipinski definition) is 6. The summed E-state index contributed by atoms with van der Waals surface area (Å²) in [6.45, 7) is 6.27. The van der Waals surface area contributed by atoms with E-state index in [0.29, 0.717) is 0 Å². The fourth-order valence-electron chi connectivity index (χ4n) is 1.14. The molecule has 19 heavy (non-hydrogen) atoms. The maximum atomic E-state index is 11.6. The van der Waals surface area contributed by atoms with Gasteiger partial charge in [-0.25, -0.2) is 9.78 Å². The highest BCUT2D eigenvalue weighted by Crippen LogP contribution is 2.18. The molecule has 1 aromatic heterocycles. The van der Waals surface area contributed by atoms with Gasteiger partial charge in [-0.2, -0.15) is 4.98 Å². The second-order valence-electron chi connectivity index (χ2n) is 4.81. The van der Waals surface area contributed by atoms with Gasteiger partial charge in [0.1, 0.15) is 8.07 Å². The standard InChI is InChI=1S/C12H17N3O3Si/c1-17-11-9(12(16)18-2)14-8(10(13)15-11)6-7-19(3,4)5/h1-5H3,(H2,13,15). The van der Waals surface area contributed by atoms with Gasteiger partial charge in [-0.05, 0) is 0 Å². The highest BCUT2D eigenvalue weighted by atomic mass is 28.3. The average Bonchev–Trinajstić information content (AvgIpc) is 2.34. The van der Waals surface area contributed by atoms with E-state index >= 15 is 0 Å². The molecule has 0 fully saturated rings. The Kier molecular flexibility index (Phi) is 4.50. The monoisotopic (exact) mass is 279 g/mol. The van der Waals surface area contributed by atoms with Crippen LogP contribution in [0.15, 0.2) is 0 Å². The molecule has 0 saturated heterocycles. The zero-order valence-corrected chi connectivity index (χ0v) is 12.7. The summed E-state index contributed by atoms with van der Waals surface area (Å²) in [4.78, 5) is 19.6. The SMILES string of the molecule is COC(=O)c1nc(C#C[Si](C)(C)C)c(N)nc1OC. The molecule has 1 aromatic rings. The summed E-state index contributed by atoms with van der Waals surface area (Å²) in [6, 6.07) is 0. The van der Waals surface area contributed by atoms with Crippen molar-refractivity contribution in [2.45, 2.75) is 19.6 Å². The number of carbonyl (C=O) groups excluding carboxylic acids is 1. The van der Waals surface area contributed by atoms with Crippen molar-refractivity contribution in [3.05, 3.63) is 11.4 Å². The largest absolute Gasteiger partial charge is 0.479 e. The highest BCUT2D eigenvalue weighted by Gasteiger charge is 2.19. The van der Waals surface area contributed by atoms with Gasteiger partial charge in [0.25, 0.3) is 0 Å². The number of nitrogen functional groups attached to an aromatic ring is 1. The number of esters is 1. The van der Waals surface area contributed by atoms with Crippen LogP contribution in [0, 0.1) is 11.5 Å². The quantitative estimate of drug-likeness (QED) is 0.495. The summed E-state index contributed by atoms with van der Waals surface area (Å²) >= 11 is 0. The highest BCUT2D eigenvalue weighted by molar-refractivity contribution is 6.83. The van der Waals surface area contributed by atoms with E-state index < -0.39 is 14.0 Å². The summed E-state index contributed by atoms with van der Waals surface area (Å²) in [5.74, 6) is 2.40. The molecule has 7 heteroatoms. The van der Waals surface area contributed by atoms with Gasteiger partial charge < -0.3 is 15.2 Å². The Bertz CT molecular complexity index is 556. The number of anilines is 1. The number of rotatable bonds is 2. The minimum atomic E-state index is -1.57. The molecule has 102 valence electrons. The number of ether oxygens (including phenoxy) is 2. The minimum absolute atomic E-state index is 0.0286. The fourth-order valence-corrected chi connectivity index (χ4v) is 1.64. The van der Waals surface area contributed by atoms with E-state index in [1.54, 1.807) is 0 Å². The molecule has 1 heterocycles. The van der Waals surface area contributed by atoms with Gasteiger partial charge in [-0.15, -0.1) is 5.54 Å². The first-order valence-corrected chi connectivity index (χ1v) is 9.11. The summed E-state index contributed by atoms with van der Waals surface area (Å²) < 4.78 is 9.57. The lowest BCUT2D eigenvalue weighted by atomic mass is 10.3. The van der Waals surface area contributed by atoms with Crippen molar-refractivity contribution in [1.82, 2.24) is 9.97 Å². The second kappa shape index (κ2) is 5.71. The summed E-state index contributed by atoms with van der Waals surface area (Å²) in [7, 11) is 1.07. The molecule has 0 aliphatic heterocycles. The third kappa shape index (κ3) is 3.96. The van der Waals surface area contributed by atoms with Crippen molar-refractivity contribution in [1.29, 1.82) is 0 Å². The summed E-state index contributed by atoms with van der Waals surface area (Å²) in [5.41, 5.74) is 9.10. The van der Waals surface area contributed by atoms with Crippen LogP contribution in [-0.4, -0.2) is 38.2 Å². The van der Waals surface area contributed by atoms with E-state index in [0.717, 1.165) is 0 Å². The van der Waals surface area contributed by atoms with E-state index in [-0.39, 0.29) is 23.1 Å². The van der Waals surface area contributed by atoms with Crippen LogP contribution in [0.1, 0.15) is 16.2 Å². The Hall–Kier alpha value is -2.07. The van der Waals surface area contributed by atoms with Crippen LogP contribution < -0.4 is 10.5 Å².